The van der Waals surface area contributed by atoms with Gasteiger partial charge in [-0.3, -0.25) is 5.32 Å². The Morgan fingerprint density at radius 2 is 1.86 bits per heavy atom. The van der Waals surface area contributed by atoms with Gasteiger partial charge in [0, 0.05) is 0 Å². The molecule has 1 aromatic heterocycles. The van der Waals surface area contributed by atoms with Crippen LogP contribution >= 0.6 is 0 Å². The highest BCUT2D eigenvalue weighted by Crippen LogP contribution is 2.25. The summed E-state index contributed by atoms with van der Waals surface area (Å²) in [4.78, 5) is 17.6. The van der Waals surface area contributed by atoms with Crippen LogP contribution < -0.4 is 5.32 Å². The smallest absolute Gasteiger partial charge is 0.411 e. The monoisotopic (exact) mass is 297 g/mol. The molecule has 0 saturated carbocycles. The van der Waals surface area contributed by atoms with E-state index in [2.05, 4.69) is 21.9 Å². The van der Waals surface area contributed by atoms with Crippen molar-refractivity contribution in [3.63, 3.8) is 0 Å². The first-order chi connectivity index (χ1) is 10.5. The number of fused-ring (bicyclic) bond motifs is 1. The van der Waals surface area contributed by atoms with Crippen LogP contribution in [0.3, 0.4) is 0 Å². The molecule has 3 aromatic rings. The molecular weight excluding hydrogens is 285 g/mol. The number of rotatable bonds is 3. The van der Waals surface area contributed by atoms with E-state index in [9.17, 15) is 9.18 Å². The molecule has 6 heteroatoms. The van der Waals surface area contributed by atoms with Crippen molar-refractivity contribution in [2.45, 2.75) is 0 Å². The van der Waals surface area contributed by atoms with E-state index in [4.69, 9.17) is 5.11 Å². The number of aromatic amines is 1. The molecule has 22 heavy (non-hydrogen) atoms. The summed E-state index contributed by atoms with van der Waals surface area (Å²) in [5, 5.41) is 10.9. The van der Waals surface area contributed by atoms with E-state index >= 15 is 0 Å². The molecule has 1 heterocycles. The lowest BCUT2D eigenvalue weighted by Gasteiger charge is -2.06. The summed E-state index contributed by atoms with van der Waals surface area (Å²) in [5.41, 5.74) is 3.71. The van der Waals surface area contributed by atoms with Gasteiger partial charge in [-0.25, -0.2) is 14.2 Å². The Morgan fingerprint density at radius 3 is 2.55 bits per heavy atom. The second kappa shape index (κ2) is 5.33. The number of halogens is 1. The third-order valence-electron chi connectivity index (χ3n) is 3.25. The van der Waals surface area contributed by atoms with E-state index in [1.165, 1.54) is 12.1 Å². The maximum Gasteiger partial charge on any atom is 0.411 e. The van der Waals surface area contributed by atoms with Crippen molar-refractivity contribution >= 4 is 28.6 Å². The lowest BCUT2D eigenvalue weighted by molar-refractivity contribution is 0.209. The number of hydrogen-bond acceptors (Lipinski definition) is 2. The van der Waals surface area contributed by atoms with Crippen LogP contribution in [0.25, 0.3) is 16.6 Å². The van der Waals surface area contributed by atoms with Crippen LogP contribution in [-0.4, -0.2) is 21.2 Å². The van der Waals surface area contributed by atoms with Crippen LogP contribution in [0.4, 0.5) is 15.1 Å². The van der Waals surface area contributed by atoms with Gasteiger partial charge in [0.25, 0.3) is 0 Å². The maximum atomic E-state index is 13.0. The molecule has 0 aliphatic rings. The van der Waals surface area contributed by atoms with Gasteiger partial charge in [0.2, 0.25) is 5.95 Å². The van der Waals surface area contributed by atoms with Gasteiger partial charge >= 0.3 is 6.09 Å². The van der Waals surface area contributed by atoms with Gasteiger partial charge in [-0.05, 0) is 41.0 Å². The predicted molar refractivity (Wildman–Crippen MR) is 82.3 cm³/mol. The highest BCUT2D eigenvalue weighted by molar-refractivity contribution is 5.88. The Kier molecular flexibility index (Phi) is 3.34. The third-order valence-corrected chi connectivity index (χ3v) is 3.25. The Labute approximate surface area is 125 Å². The summed E-state index contributed by atoms with van der Waals surface area (Å²) in [6.07, 6.45) is -1.19. The molecule has 0 aliphatic heterocycles. The number of H-pyrrole nitrogens is 1. The van der Waals surface area contributed by atoms with Gasteiger partial charge in [0.1, 0.15) is 5.82 Å². The van der Waals surface area contributed by atoms with Crippen LogP contribution in [0.15, 0.2) is 49.0 Å². The molecule has 0 bridgehead atoms. The first-order valence-corrected chi connectivity index (χ1v) is 6.48. The molecule has 0 unspecified atom stereocenters. The van der Waals surface area contributed by atoms with E-state index in [0.717, 1.165) is 16.7 Å². The average Bonchev–Trinajstić information content (AvgIpc) is 2.87. The minimum Gasteiger partial charge on any atom is -0.465 e. The molecule has 0 atom stereocenters. The van der Waals surface area contributed by atoms with Crippen molar-refractivity contribution in [2.75, 3.05) is 5.32 Å². The fourth-order valence-corrected chi connectivity index (χ4v) is 2.18. The summed E-state index contributed by atoms with van der Waals surface area (Å²) >= 11 is 0. The topological polar surface area (TPSA) is 78.0 Å². The number of imidazole rings is 1. The van der Waals surface area contributed by atoms with Crippen LogP contribution in [0.1, 0.15) is 11.1 Å². The zero-order valence-electron chi connectivity index (χ0n) is 11.4. The number of hydrogen-bond donors (Lipinski definition) is 3. The minimum absolute atomic E-state index is 0.159. The van der Waals surface area contributed by atoms with E-state index < -0.39 is 6.09 Å². The number of anilines is 1. The van der Waals surface area contributed by atoms with E-state index in [1.807, 2.05) is 12.1 Å². The molecular formula is C16H12FN3O2. The molecule has 110 valence electrons. The molecule has 1 amide bonds. The highest BCUT2D eigenvalue weighted by atomic mass is 19.1. The van der Waals surface area contributed by atoms with Crippen LogP contribution in [0.5, 0.6) is 0 Å². The quantitative estimate of drug-likeness (QED) is 0.687. The largest absolute Gasteiger partial charge is 0.465 e. The molecule has 0 aliphatic carbocycles. The summed E-state index contributed by atoms with van der Waals surface area (Å²) in [6.45, 7) is 4.02. The van der Waals surface area contributed by atoms with Crippen LogP contribution in [-0.2, 0) is 0 Å². The first kappa shape index (κ1) is 13.8. The van der Waals surface area contributed by atoms with Gasteiger partial charge in [-0.2, -0.15) is 0 Å². The standard InChI is InChI=1S/C16H12FN3O2/c1-9(10-2-5-12(17)6-3-10)11-4-7-13-14(8-11)19-15(18-13)20-16(21)22/h2-8H,1H2,(H,21,22)(H2,18,19,20). The second-order valence-corrected chi connectivity index (χ2v) is 4.73. The number of carboxylic acid groups (broad SMARTS) is 1. The van der Waals surface area contributed by atoms with Crippen LogP contribution in [0, 0.1) is 5.82 Å². The van der Waals surface area contributed by atoms with E-state index in [-0.39, 0.29) is 11.8 Å². The summed E-state index contributed by atoms with van der Waals surface area (Å²) in [5.74, 6) is -0.142. The Hall–Kier alpha value is -3.15. The normalized spacial score (nSPS) is 10.6. The number of nitrogens with zero attached hydrogens (tertiary/aromatic N) is 1. The molecule has 3 N–H and O–H groups in total. The third kappa shape index (κ3) is 2.67. The van der Waals surface area contributed by atoms with Crippen molar-refractivity contribution in [1.29, 1.82) is 0 Å². The number of aromatic nitrogens is 2. The van der Waals surface area contributed by atoms with Gasteiger partial charge in [-0.1, -0.05) is 24.8 Å². The summed E-state index contributed by atoms with van der Waals surface area (Å²) in [6, 6.07) is 11.5. The molecule has 5 nitrogen and oxygen atoms in total. The van der Waals surface area contributed by atoms with Gasteiger partial charge < -0.3 is 10.1 Å². The Morgan fingerprint density at radius 1 is 1.18 bits per heavy atom. The molecule has 0 saturated heterocycles. The fraction of sp³-hybridized carbons (Fsp3) is 0. The molecule has 2 aromatic carbocycles. The molecule has 0 spiro atoms. The second-order valence-electron chi connectivity index (χ2n) is 4.73. The summed E-state index contributed by atoms with van der Waals surface area (Å²) in [7, 11) is 0. The minimum atomic E-state index is -1.19. The highest BCUT2D eigenvalue weighted by Gasteiger charge is 2.08. The van der Waals surface area contributed by atoms with Crippen molar-refractivity contribution in [3.05, 3.63) is 66.0 Å². The molecule has 3 rings (SSSR count). The number of nitrogens with one attached hydrogen (secondary N) is 2. The first-order valence-electron chi connectivity index (χ1n) is 6.48. The van der Waals surface area contributed by atoms with Gasteiger partial charge in [0.15, 0.2) is 0 Å². The van der Waals surface area contributed by atoms with Gasteiger partial charge in [0.05, 0.1) is 11.0 Å². The lowest BCUT2D eigenvalue weighted by atomic mass is 9.99. The molecule has 0 fully saturated rings. The predicted octanol–water partition coefficient (Wildman–Crippen LogP) is 3.85. The fourth-order valence-electron chi connectivity index (χ4n) is 2.18. The summed E-state index contributed by atoms with van der Waals surface area (Å²) < 4.78 is 13.0. The van der Waals surface area contributed by atoms with E-state index in [1.54, 1.807) is 18.2 Å². The lowest BCUT2D eigenvalue weighted by Crippen LogP contribution is -2.08. The van der Waals surface area contributed by atoms with Crippen molar-refractivity contribution in [3.8, 4) is 0 Å². The average molecular weight is 297 g/mol. The maximum absolute atomic E-state index is 13.0. The zero-order valence-corrected chi connectivity index (χ0v) is 11.4. The van der Waals surface area contributed by atoms with E-state index in [0.29, 0.717) is 11.0 Å². The Bertz CT molecular complexity index is 869. The number of benzene rings is 2. The van der Waals surface area contributed by atoms with Crippen molar-refractivity contribution in [2.24, 2.45) is 0 Å². The Balaban J connectivity index is 1.95. The van der Waals surface area contributed by atoms with Crippen molar-refractivity contribution in [1.82, 2.24) is 9.97 Å². The number of amides is 1. The number of carbonyl (C=O) groups is 1. The zero-order chi connectivity index (χ0) is 15.7. The van der Waals surface area contributed by atoms with Gasteiger partial charge in [-0.15, -0.1) is 0 Å². The van der Waals surface area contributed by atoms with Crippen LogP contribution in [0.2, 0.25) is 0 Å². The SMILES string of the molecule is C=C(c1ccc(F)cc1)c1ccc2nc(NC(=O)O)[nH]c2c1. The molecule has 0 radical (unpaired) electrons. The van der Waals surface area contributed by atoms with Crippen molar-refractivity contribution < 1.29 is 14.3 Å².